The lowest BCUT2D eigenvalue weighted by Crippen LogP contribution is -2.62. The minimum absolute atomic E-state index is 0.0212. The third-order valence-corrected chi connectivity index (χ3v) is 4.69. The van der Waals surface area contributed by atoms with E-state index in [1.165, 1.54) is 30.3 Å². The summed E-state index contributed by atoms with van der Waals surface area (Å²) < 4.78 is 14.4. The van der Waals surface area contributed by atoms with Crippen molar-refractivity contribution in [2.24, 2.45) is 17.6 Å². The number of nitrogens with zero attached hydrogens (tertiary/aromatic N) is 1. The van der Waals surface area contributed by atoms with Gasteiger partial charge >= 0.3 is 0 Å². The number of nitrogens with two attached hydrogens (primary N) is 1. The number of nitrogens with one attached hydrogen (secondary N) is 1. The van der Waals surface area contributed by atoms with Crippen LogP contribution in [0.1, 0.15) is 17.0 Å². The van der Waals surface area contributed by atoms with Gasteiger partial charge in [-0.2, -0.15) is 5.26 Å². The summed E-state index contributed by atoms with van der Waals surface area (Å²) in [5.74, 6) is -6.60. The summed E-state index contributed by atoms with van der Waals surface area (Å²) >= 11 is 0. The Morgan fingerprint density at radius 3 is 2.38 bits per heavy atom. The molecule has 6 nitrogen and oxygen atoms in total. The first-order valence-corrected chi connectivity index (χ1v) is 7.93. The van der Waals surface area contributed by atoms with Gasteiger partial charge in [-0.1, -0.05) is 48.5 Å². The van der Waals surface area contributed by atoms with E-state index in [1.54, 1.807) is 18.2 Å². The Morgan fingerprint density at radius 1 is 1.19 bits per heavy atom. The monoisotopic (exact) mass is 353 g/mol. The zero-order valence-corrected chi connectivity index (χ0v) is 13.6. The van der Waals surface area contributed by atoms with Crippen molar-refractivity contribution in [1.29, 1.82) is 5.26 Å². The highest BCUT2D eigenvalue weighted by Gasteiger charge is 2.56. The van der Waals surface area contributed by atoms with Crippen LogP contribution in [0.4, 0.5) is 4.39 Å². The fourth-order valence-electron chi connectivity index (χ4n) is 3.49. The number of rotatable bonds is 3. The lowest BCUT2D eigenvalue weighted by Gasteiger charge is -2.44. The molecular formula is C19H16FN3O3. The van der Waals surface area contributed by atoms with Crippen molar-refractivity contribution in [3.05, 3.63) is 71.5 Å². The third kappa shape index (κ3) is 2.70. The molecule has 4 N–H and O–H groups in total. The zero-order valence-electron chi connectivity index (χ0n) is 13.6. The molecule has 1 heterocycles. The maximum atomic E-state index is 14.4. The third-order valence-electron chi connectivity index (χ3n) is 4.69. The summed E-state index contributed by atoms with van der Waals surface area (Å²) in [5, 5.41) is 23.3. The second-order valence-corrected chi connectivity index (χ2v) is 6.16. The first-order valence-electron chi connectivity index (χ1n) is 7.93. The number of benzene rings is 2. The quantitative estimate of drug-likeness (QED) is 0.717. The molecule has 0 unspecified atom stereocenters. The number of piperidine rings is 1. The molecule has 0 saturated carbocycles. The molecule has 0 spiro atoms. The van der Waals surface area contributed by atoms with Gasteiger partial charge in [0.2, 0.25) is 11.8 Å². The zero-order chi connectivity index (χ0) is 18.9. The van der Waals surface area contributed by atoms with E-state index in [4.69, 9.17) is 5.73 Å². The molecule has 1 aliphatic heterocycles. The molecular weight excluding hydrogens is 337 g/mol. The Morgan fingerprint density at radius 2 is 1.81 bits per heavy atom. The lowest BCUT2D eigenvalue weighted by atomic mass is 9.67. The van der Waals surface area contributed by atoms with Gasteiger partial charge in [0.1, 0.15) is 17.7 Å². The molecule has 0 aromatic heterocycles. The van der Waals surface area contributed by atoms with Gasteiger partial charge in [-0.3, -0.25) is 9.59 Å². The maximum absolute atomic E-state index is 14.4. The van der Waals surface area contributed by atoms with E-state index in [1.807, 2.05) is 6.07 Å². The van der Waals surface area contributed by atoms with Crippen molar-refractivity contribution in [3.63, 3.8) is 0 Å². The number of primary amides is 1. The minimum Gasteiger partial charge on any atom is -0.369 e. The molecule has 1 fully saturated rings. The van der Waals surface area contributed by atoms with Crippen LogP contribution in [0.5, 0.6) is 0 Å². The van der Waals surface area contributed by atoms with Crippen LogP contribution in [0.15, 0.2) is 54.6 Å². The van der Waals surface area contributed by atoms with Crippen molar-refractivity contribution in [1.82, 2.24) is 5.32 Å². The molecule has 0 bridgehead atoms. The van der Waals surface area contributed by atoms with Gasteiger partial charge in [-0.25, -0.2) is 4.39 Å². The highest BCUT2D eigenvalue weighted by molar-refractivity contribution is 6.01. The van der Waals surface area contributed by atoms with Crippen LogP contribution in [0.25, 0.3) is 0 Å². The summed E-state index contributed by atoms with van der Waals surface area (Å²) in [5.41, 5.74) is 3.51. The largest absolute Gasteiger partial charge is 0.369 e. The predicted octanol–water partition coefficient (Wildman–Crippen LogP) is 1.13. The van der Waals surface area contributed by atoms with Crippen LogP contribution in [0, 0.1) is 29.0 Å². The average Bonchev–Trinajstić information content (AvgIpc) is 2.62. The highest BCUT2D eigenvalue weighted by atomic mass is 19.1. The van der Waals surface area contributed by atoms with Crippen LogP contribution in [-0.4, -0.2) is 16.9 Å². The molecule has 1 aliphatic rings. The number of nitriles is 1. The van der Waals surface area contributed by atoms with E-state index in [9.17, 15) is 24.3 Å². The van der Waals surface area contributed by atoms with Gasteiger partial charge in [0.15, 0.2) is 5.72 Å². The van der Waals surface area contributed by atoms with Crippen molar-refractivity contribution in [2.75, 3.05) is 0 Å². The Kier molecular flexibility index (Phi) is 4.45. The Balaban J connectivity index is 2.22. The normalized spacial score (nSPS) is 28.0. The Bertz CT molecular complexity index is 896. The summed E-state index contributed by atoms with van der Waals surface area (Å²) in [6.07, 6.45) is 0. The van der Waals surface area contributed by atoms with Crippen LogP contribution >= 0.6 is 0 Å². The molecule has 0 aliphatic carbocycles. The van der Waals surface area contributed by atoms with Crippen LogP contribution in [-0.2, 0) is 15.3 Å². The Labute approximate surface area is 149 Å². The fourth-order valence-corrected chi connectivity index (χ4v) is 3.49. The molecule has 4 atom stereocenters. The number of amides is 2. The molecule has 132 valence electrons. The molecule has 2 amide bonds. The van der Waals surface area contributed by atoms with E-state index >= 15 is 0 Å². The topological polar surface area (TPSA) is 116 Å². The molecule has 26 heavy (non-hydrogen) atoms. The Hall–Kier alpha value is -3.24. The molecule has 2 aromatic rings. The SMILES string of the molecule is N#C[C@H]1[C@H](c2ccccc2F)[C@@H](C(N)=O)C(=O)N[C@@]1(O)c1ccccc1. The van der Waals surface area contributed by atoms with E-state index in [0.717, 1.165) is 6.07 Å². The second kappa shape index (κ2) is 6.58. The van der Waals surface area contributed by atoms with Crippen molar-refractivity contribution in [2.45, 2.75) is 11.6 Å². The van der Waals surface area contributed by atoms with Crippen molar-refractivity contribution in [3.8, 4) is 6.07 Å². The molecule has 1 saturated heterocycles. The van der Waals surface area contributed by atoms with Gasteiger partial charge in [-0.05, 0) is 11.6 Å². The summed E-state index contributed by atoms with van der Waals surface area (Å²) in [6.45, 7) is 0. The van der Waals surface area contributed by atoms with Crippen molar-refractivity contribution < 1.29 is 19.1 Å². The smallest absolute Gasteiger partial charge is 0.235 e. The van der Waals surface area contributed by atoms with E-state index < -0.39 is 41.1 Å². The van der Waals surface area contributed by atoms with Crippen LogP contribution in [0.2, 0.25) is 0 Å². The molecule has 2 aromatic carbocycles. The molecule has 0 radical (unpaired) electrons. The van der Waals surface area contributed by atoms with Crippen LogP contribution < -0.4 is 11.1 Å². The number of hydrogen-bond donors (Lipinski definition) is 3. The second-order valence-electron chi connectivity index (χ2n) is 6.16. The fraction of sp³-hybridized carbons (Fsp3) is 0.211. The lowest BCUT2D eigenvalue weighted by molar-refractivity contribution is -0.153. The maximum Gasteiger partial charge on any atom is 0.235 e. The molecule has 7 heteroatoms. The van der Waals surface area contributed by atoms with Gasteiger partial charge in [-0.15, -0.1) is 0 Å². The first kappa shape index (κ1) is 17.6. The number of carbonyl (C=O) groups is 2. The first-order chi connectivity index (χ1) is 12.4. The highest BCUT2D eigenvalue weighted by Crippen LogP contribution is 2.45. The van der Waals surface area contributed by atoms with Gasteiger partial charge in [0.05, 0.1) is 6.07 Å². The van der Waals surface area contributed by atoms with Crippen molar-refractivity contribution >= 4 is 11.8 Å². The summed E-state index contributed by atoms with van der Waals surface area (Å²) in [6, 6.07) is 15.5. The predicted molar refractivity (Wildman–Crippen MR) is 89.4 cm³/mol. The number of aliphatic hydroxyl groups is 1. The van der Waals surface area contributed by atoms with Crippen LogP contribution in [0.3, 0.4) is 0 Å². The van der Waals surface area contributed by atoms with Gasteiger partial charge in [0.25, 0.3) is 0 Å². The van der Waals surface area contributed by atoms with Gasteiger partial charge < -0.3 is 16.2 Å². The number of carbonyl (C=O) groups excluding carboxylic acids is 2. The van der Waals surface area contributed by atoms with E-state index in [2.05, 4.69) is 5.32 Å². The van der Waals surface area contributed by atoms with E-state index in [-0.39, 0.29) is 11.1 Å². The van der Waals surface area contributed by atoms with Gasteiger partial charge in [0, 0.05) is 11.5 Å². The van der Waals surface area contributed by atoms with E-state index in [0.29, 0.717) is 0 Å². The molecule has 3 rings (SSSR count). The number of hydrogen-bond acceptors (Lipinski definition) is 4. The number of halogens is 1. The summed E-state index contributed by atoms with van der Waals surface area (Å²) in [4.78, 5) is 24.5. The standard InChI is InChI=1S/C19H16FN3O3/c20-14-9-5-4-8-12(14)15-13(10-21)19(26,11-6-2-1-3-7-11)23-18(25)16(15)17(22)24/h1-9,13,15-16,26H,(H2,22,24)(H,23,25)/t13-,15-,16-,19+/m0/s1. The minimum atomic E-state index is -2.09. The average molecular weight is 353 g/mol. The summed E-state index contributed by atoms with van der Waals surface area (Å²) in [7, 11) is 0.